The molecule has 10 rings (SSSR count). The Hall–Kier alpha value is -7.28. The third kappa shape index (κ3) is 6.70. The monoisotopic (exact) mass is 846 g/mol. The fraction of sp³-hybridized carbons (Fsp3) is 0.0345. The molecule has 0 fully saturated rings. The predicted molar refractivity (Wildman–Crippen MR) is 261 cm³/mol. The number of phenolic OH excluding ortho intramolecular Hbond substituents is 1. The molecule has 0 saturated heterocycles. The lowest BCUT2D eigenvalue weighted by Gasteiger charge is -2.36. The van der Waals surface area contributed by atoms with Gasteiger partial charge in [-0.2, -0.15) is 0 Å². The van der Waals surface area contributed by atoms with Crippen molar-refractivity contribution >= 4 is 49.5 Å². The van der Waals surface area contributed by atoms with Gasteiger partial charge in [0.25, 0.3) is 0 Å². The zero-order chi connectivity index (χ0) is 42.8. The van der Waals surface area contributed by atoms with Gasteiger partial charge in [0.2, 0.25) is 0 Å². The highest BCUT2D eigenvalue weighted by Gasteiger charge is 2.48. The molecule has 1 N–H and O–H groups in total. The molecule has 0 atom stereocenters. The lowest BCUT2D eigenvalue weighted by molar-refractivity contribution is 0.0930. The number of benzene rings is 8. The van der Waals surface area contributed by atoms with E-state index in [0.717, 1.165) is 71.3 Å². The second-order valence-corrected chi connectivity index (χ2v) is 17.7. The van der Waals surface area contributed by atoms with Gasteiger partial charge in [-0.1, -0.05) is 211 Å². The van der Waals surface area contributed by atoms with Gasteiger partial charge in [-0.05, 0) is 96.9 Å². The molecule has 5 heteroatoms. The summed E-state index contributed by atoms with van der Waals surface area (Å²) < 4.78 is 0. The van der Waals surface area contributed by atoms with Crippen LogP contribution in [0.5, 0.6) is 5.75 Å². The van der Waals surface area contributed by atoms with Crippen molar-refractivity contribution in [2.24, 2.45) is 0 Å². The van der Waals surface area contributed by atoms with Crippen molar-refractivity contribution in [2.45, 2.75) is 10.8 Å². The van der Waals surface area contributed by atoms with E-state index < -0.39 is 10.8 Å². The summed E-state index contributed by atoms with van der Waals surface area (Å²) in [5.74, 6) is 3.81. The number of ketones is 2. The smallest absolute Gasteiger partial charge is 0.186 e. The Labute approximate surface area is 370 Å². The Bertz CT molecular complexity index is 3170. The molecule has 0 saturated carbocycles. The molecule has 2 heterocycles. The van der Waals surface area contributed by atoms with Crippen LogP contribution >= 0.6 is 16.4 Å². The average molecular weight is 847 g/mol. The molecule has 8 aromatic carbocycles. The van der Waals surface area contributed by atoms with Gasteiger partial charge in [0, 0.05) is 21.7 Å². The molecule has 0 radical (unpaired) electrons. The lowest BCUT2D eigenvalue weighted by atomic mass is 9.64. The van der Waals surface area contributed by atoms with E-state index in [1.807, 2.05) is 212 Å². The highest BCUT2D eigenvalue weighted by Crippen LogP contribution is 2.53. The Morgan fingerprint density at radius 1 is 0.381 bits per heavy atom. The lowest BCUT2D eigenvalue weighted by Crippen LogP contribution is -2.38. The minimum absolute atomic E-state index is 0.00532. The molecular weight excluding hydrogens is 807 g/mol. The van der Waals surface area contributed by atoms with E-state index in [2.05, 4.69) is 24.3 Å². The molecule has 3 nitrogen and oxygen atoms in total. The van der Waals surface area contributed by atoms with Crippen LogP contribution in [0.1, 0.15) is 53.6 Å². The van der Waals surface area contributed by atoms with Gasteiger partial charge in [-0.25, -0.2) is 0 Å². The fourth-order valence-electron chi connectivity index (χ4n) is 9.52. The first-order valence-corrected chi connectivity index (χ1v) is 22.9. The van der Waals surface area contributed by atoms with E-state index in [0.29, 0.717) is 21.7 Å². The van der Waals surface area contributed by atoms with Crippen LogP contribution in [0.15, 0.2) is 236 Å². The summed E-state index contributed by atoms with van der Waals surface area (Å²) in [5.41, 5.74) is 2.97. The summed E-state index contributed by atoms with van der Waals surface area (Å²) in [6, 6.07) is 73.8. The molecule has 2 aromatic heterocycles. The molecule has 0 unspecified atom stereocenters. The Morgan fingerprint density at radius 2 is 0.778 bits per heavy atom. The molecule has 0 aliphatic heterocycles. The van der Waals surface area contributed by atoms with Crippen molar-refractivity contribution in [2.75, 3.05) is 0 Å². The first-order chi connectivity index (χ1) is 31.0. The van der Waals surface area contributed by atoms with Crippen LogP contribution in [-0.4, -0.2) is 16.7 Å². The maximum atomic E-state index is 15.8. The molecule has 0 amide bonds. The summed E-state index contributed by atoms with van der Waals surface area (Å²) in [5, 5.41) is 18.3. The van der Waals surface area contributed by atoms with Gasteiger partial charge in [0.1, 0.15) is 16.6 Å². The zero-order valence-electron chi connectivity index (χ0n) is 34.2. The number of phenols is 1. The number of fused-ring (bicyclic) bond motifs is 2. The van der Waals surface area contributed by atoms with E-state index in [9.17, 15) is 5.11 Å². The first-order valence-electron chi connectivity index (χ1n) is 21.0. The summed E-state index contributed by atoms with van der Waals surface area (Å²) in [7, 11) is 1.58. The van der Waals surface area contributed by atoms with Gasteiger partial charge >= 0.3 is 0 Å². The number of aromatic hydroxyl groups is 1. The highest BCUT2D eigenvalue weighted by atomic mass is 31.0. The van der Waals surface area contributed by atoms with E-state index in [1.54, 1.807) is 0 Å². The van der Waals surface area contributed by atoms with E-state index in [1.165, 1.54) is 0 Å². The van der Waals surface area contributed by atoms with Gasteiger partial charge in [-0.3, -0.25) is 9.59 Å². The standard InChI is InChI=1S/C58H40O3P2/c59-54-50(58(44-27-9-3-10-28-44,45-29-11-4-12-30-45)56(61)52-34-18-20-36-63-52)38-41-22-14-16-32-48(41)53(54)49-39-46(37-40-21-13-15-31-47(40)49)57(42-23-5-1-6-24-42,43-25-7-2-8-26-43)55(60)51-33-17-19-35-62-51/h1-39,59H. The first kappa shape index (κ1) is 39.8. The highest BCUT2D eigenvalue weighted by molar-refractivity contribution is 7.31. The number of Topliss-reactive ketones (excluding diaryl/α,β-unsaturated/α-hetero) is 2. The third-order valence-electron chi connectivity index (χ3n) is 12.3. The van der Waals surface area contributed by atoms with Crippen molar-refractivity contribution in [1.29, 1.82) is 0 Å². The van der Waals surface area contributed by atoms with Crippen LogP contribution in [0.3, 0.4) is 0 Å². The Morgan fingerprint density at radius 3 is 1.25 bits per heavy atom. The number of rotatable bonds is 11. The minimum atomic E-state index is -1.46. The molecule has 0 aliphatic carbocycles. The third-order valence-corrected chi connectivity index (χ3v) is 14.2. The molecular formula is C58H40O3P2. The normalized spacial score (nSPS) is 11.9. The summed E-state index contributed by atoms with van der Waals surface area (Å²) in [4.78, 5) is 31.6. The largest absolute Gasteiger partial charge is 0.507 e. The predicted octanol–water partition coefficient (Wildman–Crippen LogP) is 15.0. The van der Waals surface area contributed by atoms with Crippen molar-refractivity contribution in [3.05, 3.63) is 280 Å². The van der Waals surface area contributed by atoms with E-state index >= 15 is 9.59 Å². The van der Waals surface area contributed by atoms with Gasteiger partial charge < -0.3 is 5.11 Å². The van der Waals surface area contributed by atoms with Crippen LogP contribution in [0, 0.1) is 0 Å². The molecule has 63 heavy (non-hydrogen) atoms. The van der Waals surface area contributed by atoms with Crippen molar-refractivity contribution in [3.63, 3.8) is 0 Å². The molecule has 0 spiro atoms. The van der Waals surface area contributed by atoms with Crippen molar-refractivity contribution < 1.29 is 14.7 Å². The Balaban J connectivity index is 1.37. The minimum Gasteiger partial charge on any atom is -0.507 e. The Kier molecular flexibility index (Phi) is 10.7. The second-order valence-electron chi connectivity index (χ2n) is 15.7. The topological polar surface area (TPSA) is 54.4 Å². The van der Waals surface area contributed by atoms with Crippen LogP contribution in [0.25, 0.3) is 32.7 Å². The number of carbonyl (C=O) groups is 2. The molecule has 300 valence electrons. The van der Waals surface area contributed by atoms with Gasteiger partial charge in [0.15, 0.2) is 11.6 Å². The number of hydrogen-bond acceptors (Lipinski definition) is 3. The summed E-state index contributed by atoms with van der Waals surface area (Å²) in [6.45, 7) is 0. The molecule has 10 aromatic rings. The van der Waals surface area contributed by atoms with Gasteiger partial charge in [-0.15, -0.1) is 0 Å². The van der Waals surface area contributed by atoms with Crippen LogP contribution in [0.4, 0.5) is 0 Å². The van der Waals surface area contributed by atoms with Crippen LogP contribution in [-0.2, 0) is 10.8 Å². The molecule has 0 aliphatic rings. The number of hydrogen-bond donors (Lipinski definition) is 1. The van der Waals surface area contributed by atoms with Gasteiger partial charge in [0.05, 0.1) is 0 Å². The number of carbonyl (C=O) groups excluding carboxylic acids is 2. The maximum absolute atomic E-state index is 15.8. The van der Waals surface area contributed by atoms with E-state index in [4.69, 9.17) is 0 Å². The fourth-order valence-corrected chi connectivity index (χ4v) is 11.1. The van der Waals surface area contributed by atoms with Crippen molar-refractivity contribution in [1.82, 2.24) is 0 Å². The quantitative estimate of drug-likeness (QED) is 0.104. The SMILES string of the molecule is O=C(c1ccccp1)C(c1ccccc1)(c1ccccc1)c1cc(-c2c(O)c(C(C(=O)c3ccccp3)(c3ccccc3)c3ccccc3)cc3ccccc23)c2ccccc2c1. The summed E-state index contributed by atoms with van der Waals surface area (Å²) in [6.07, 6.45) is 0. The van der Waals surface area contributed by atoms with Crippen LogP contribution < -0.4 is 0 Å². The molecule has 0 bridgehead atoms. The maximum Gasteiger partial charge on any atom is 0.186 e. The average Bonchev–Trinajstić information content (AvgIpc) is 3.36. The van der Waals surface area contributed by atoms with Crippen molar-refractivity contribution in [3.8, 4) is 16.9 Å². The van der Waals surface area contributed by atoms with E-state index in [-0.39, 0.29) is 17.3 Å². The zero-order valence-corrected chi connectivity index (χ0v) is 36.0. The second kappa shape index (κ2) is 16.9. The van der Waals surface area contributed by atoms with Crippen LogP contribution in [0.2, 0.25) is 0 Å². The summed E-state index contributed by atoms with van der Waals surface area (Å²) >= 11 is 0.